The number of carbonyl (C=O) groups excluding carboxylic acids is 2. The van der Waals surface area contributed by atoms with Crippen molar-refractivity contribution in [2.45, 2.75) is 57.9 Å². The number of ketones is 2. The van der Waals surface area contributed by atoms with Crippen molar-refractivity contribution in [2.24, 2.45) is 0 Å². The number of hydrogen-bond acceptors (Lipinski definition) is 7. The van der Waals surface area contributed by atoms with Crippen LogP contribution in [0.4, 0.5) is 31.0 Å². The Kier molecular flexibility index (Phi) is 13.4. The van der Waals surface area contributed by atoms with Gasteiger partial charge in [-0.05, 0) is 62.5 Å². The topological polar surface area (TPSA) is 93.3 Å². The third-order valence-corrected chi connectivity index (χ3v) is 8.06. The second kappa shape index (κ2) is 16.2. The standard InChI is InChI=1S/C29H33I2N4O4.F6P/c30-20-22(36)10-3-1-5-16-34-18-8-12-24-28(34)32-26(38-24)14-7-15-27-33-29-25(39-27)13-9-19-35(29)17-6-2-4-11-23(37)21-31;1-7(2,3,4,5)6/h7-9,12-15,18-19H,1-6,10-11,16-17,20-21H2;/q+1;-1. The number of nitrogens with zero attached hydrogens (tertiary/aromatic N) is 4. The van der Waals surface area contributed by atoms with Crippen LogP contribution in [0.5, 0.6) is 0 Å². The second-order valence-corrected chi connectivity index (χ2v) is 13.8. The summed E-state index contributed by atoms with van der Waals surface area (Å²) in [5, 5.41) is 0. The zero-order valence-corrected chi connectivity index (χ0v) is 29.8. The molecule has 4 rings (SSSR count). The van der Waals surface area contributed by atoms with E-state index in [-0.39, 0.29) is 0 Å². The van der Waals surface area contributed by atoms with Gasteiger partial charge in [0.1, 0.15) is 11.6 Å². The number of anilines is 1. The molecule has 0 radical (unpaired) electrons. The average molecular weight is 900 g/mol. The van der Waals surface area contributed by atoms with E-state index < -0.39 is 7.81 Å². The van der Waals surface area contributed by atoms with Gasteiger partial charge in [-0.15, -0.1) is 0 Å². The van der Waals surface area contributed by atoms with Crippen molar-refractivity contribution in [3.8, 4) is 0 Å². The van der Waals surface area contributed by atoms with Gasteiger partial charge in [0.15, 0.2) is 11.2 Å². The molecule has 0 saturated carbocycles. The van der Waals surface area contributed by atoms with Gasteiger partial charge in [0, 0.05) is 42.7 Å². The van der Waals surface area contributed by atoms with Crippen LogP contribution in [0.25, 0.3) is 29.5 Å². The van der Waals surface area contributed by atoms with Crippen molar-refractivity contribution in [1.82, 2.24) is 9.97 Å². The number of carbonyl (C=O) groups is 2. The predicted octanol–water partition coefficient (Wildman–Crippen LogP) is 8.22. The van der Waals surface area contributed by atoms with Gasteiger partial charge >= 0.3 is 44.5 Å². The molecular formula is C29H33F6I2N4O4P. The van der Waals surface area contributed by atoms with Gasteiger partial charge in [-0.1, -0.05) is 51.6 Å². The molecule has 0 bridgehead atoms. The smallest absolute Gasteiger partial charge is 0.370 e. The van der Waals surface area contributed by atoms with Crippen LogP contribution in [0.15, 0.2) is 45.5 Å². The van der Waals surface area contributed by atoms with Crippen molar-refractivity contribution < 1.29 is 48.2 Å². The molecule has 4 heterocycles. The third-order valence-electron chi connectivity index (χ3n) is 6.36. The van der Waals surface area contributed by atoms with E-state index in [2.05, 4.69) is 64.6 Å². The van der Waals surface area contributed by atoms with Crippen LogP contribution in [0.2, 0.25) is 0 Å². The number of fused-ring (bicyclic) bond motifs is 2. The number of aromatic nitrogens is 3. The maximum Gasteiger partial charge on any atom is 0.370 e. The summed E-state index contributed by atoms with van der Waals surface area (Å²) in [6.45, 7) is 1.66. The summed E-state index contributed by atoms with van der Waals surface area (Å²) in [4.78, 5) is 34.4. The molecule has 0 saturated heterocycles. The van der Waals surface area contributed by atoms with E-state index >= 15 is 0 Å². The monoisotopic (exact) mass is 900 g/mol. The Morgan fingerprint density at radius 1 is 0.913 bits per heavy atom. The Bertz CT molecular complexity index is 1680. The van der Waals surface area contributed by atoms with E-state index in [9.17, 15) is 34.8 Å². The van der Waals surface area contributed by atoms with Gasteiger partial charge in [-0.25, -0.2) is 4.57 Å². The minimum absolute atomic E-state index is 0.319. The number of allylic oxidation sites excluding steroid dienone is 2. The molecule has 1 aliphatic rings. The van der Waals surface area contributed by atoms with E-state index in [1.807, 2.05) is 42.8 Å². The minimum atomic E-state index is -10.7. The van der Waals surface area contributed by atoms with Gasteiger partial charge in [0.25, 0.3) is 0 Å². The molecule has 0 unspecified atom stereocenters. The Morgan fingerprint density at radius 2 is 1.57 bits per heavy atom. The second-order valence-electron chi connectivity index (χ2n) is 10.3. The van der Waals surface area contributed by atoms with E-state index in [1.165, 1.54) is 0 Å². The summed E-state index contributed by atoms with van der Waals surface area (Å²) in [5.74, 6) is 1.96. The number of aryl methyl sites for hydroxylation is 1. The number of oxazole rings is 2. The van der Waals surface area contributed by atoms with Crippen LogP contribution in [0, 0.1) is 0 Å². The van der Waals surface area contributed by atoms with Crippen molar-refractivity contribution in [1.29, 1.82) is 0 Å². The number of pyridine rings is 1. The van der Waals surface area contributed by atoms with Crippen molar-refractivity contribution in [3.63, 3.8) is 0 Å². The van der Waals surface area contributed by atoms with E-state index in [1.54, 1.807) is 12.2 Å². The fourth-order valence-corrected chi connectivity index (χ4v) is 5.09. The largest absolute Gasteiger partial charge is 0.435 e. The van der Waals surface area contributed by atoms with E-state index in [4.69, 9.17) is 8.83 Å². The number of hydrogen-bond donors (Lipinski definition) is 0. The Morgan fingerprint density at radius 3 is 2.22 bits per heavy atom. The van der Waals surface area contributed by atoms with Crippen LogP contribution >= 0.6 is 53.0 Å². The van der Waals surface area contributed by atoms with E-state index in [0.717, 1.165) is 74.1 Å². The Hall–Kier alpha value is -2.34. The quantitative estimate of drug-likeness (QED) is 0.0358. The summed E-state index contributed by atoms with van der Waals surface area (Å²) in [6, 6.07) is 3.88. The Balaban J connectivity index is 0.000000738. The first kappa shape index (κ1) is 38.1. The fourth-order valence-electron chi connectivity index (χ4n) is 4.33. The SMILES string of the molecule is F[P-](F)(F)(F)(F)F.O=C(CI)CCCCCN1C=CC=c2o/c(=C\C=C\c3nc4c(ccc[n+]4CCCCCC(=O)CI)o3)nc21. The maximum absolute atomic E-state index is 11.5. The van der Waals surface area contributed by atoms with Gasteiger partial charge in [-0.3, -0.25) is 9.59 Å². The average Bonchev–Trinajstić information content (AvgIpc) is 3.59. The van der Waals surface area contributed by atoms with Crippen LogP contribution in [-0.2, 0) is 16.1 Å². The number of halogens is 8. The molecule has 0 N–H and O–H groups in total. The molecule has 46 heavy (non-hydrogen) atoms. The van der Waals surface area contributed by atoms with Gasteiger partial charge in [0.05, 0.1) is 21.6 Å². The molecule has 0 amide bonds. The molecule has 8 nitrogen and oxygen atoms in total. The molecule has 3 aromatic heterocycles. The molecule has 0 spiro atoms. The molecule has 0 aromatic carbocycles. The molecule has 0 aliphatic carbocycles. The molecule has 3 aromatic rings. The van der Waals surface area contributed by atoms with Crippen molar-refractivity contribution >= 4 is 99.8 Å². The summed E-state index contributed by atoms with van der Waals surface area (Å²) in [5.41, 5.74) is 2.79. The molecule has 17 heteroatoms. The van der Waals surface area contributed by atoms with Crippen LogP contribution in [0.3, 0.4) is 0 Å². The zero-order chi connectivity index (χ0) is 33.9. The van der Waals surface area contributed by atoms with E-state index in [0.29, 0.717) is 44.7 Å². The van der Waals surface area contributed by atoms with Crippen LogP contribution < -0.4 is 20.4 Å². The third kappa shape index (κ3) is 15.0. The fraction of sp³-hybridized carbons (Fsp3) is 0.414. The predicted molar refractivity (Wildman–Crippen MR) is 183 cm³/mol. The first-order valence-corrected chi connectivity index (χ1v) is 19.4. The van der Waals surface area contributed by atoms with Gasteiger partial charge in [-0.2, -0.15) is 4.98 Å². The summed E-state index contributed by atoms with van der Waals surface area (Å²) in [7, 11) is -10.7. The first-order chi connectivity index (χ1) is 21.5. The molecule has 254 valence electrons. The number of alkyl halides is 2. The molecule has 0 fully saturated rings. The normalized spacial score (nSPS) is 14.9. The first-order valence-electron chi connectivity index (χ1n) is 14.3. The van der Waals surface area contributed by atoms with Crippen LogP contribution in [0.1, 0.15) is 57.3 Å². The number of Topliss-reactive ketones (excluding diaryl/α,β-unsaturated/α-hetero) is 2. The van der Waals surface area contributed by atoms with Crippen molar-refractivity contribution in [2.75, 3.05) is 20.3 Å². The minimum Gasteiger partial charge on any atom is -0.435 e. The Labute approximate surface area is 288 Å². The zero-order valence-electron chi connectivity index (χ0n) is 24.6. The van der Waals surface area contributed by atoms with Crippen molar-refractivity contribution in [3.05, 3.63) is 53.5 Å². The van der Waals surface area contributed by atoms with Gasteiger partial charge < -0.3 is 13.7 Å². The maximum atomic E-state index is 11.5. The number of unbranched alkanes of at least 4 members (excludes halogenated alkanes) is 4. The molecule has 1 aliphatic heterocycles. The summed E-state index contributed by atoms with van der Waals surface area (Å²) < 4.78 is 74.3. The summed E-state index contributed by atoms with van der Waals surface area (Å²) >= 11 is 4.25. The molecule has 0 atom stereocenters. The van der Waals surface area contributed by atoms with Crippen LogP contribution in [-0.4, -0.2) is 36.9 Å². The number of rotatable bonds is 16. The van der Waals surface area contributed by atoms with Gasteiger partial charge in [0.2, 0.25) is 11.1 Å². The summed E-state index contributed by atoms with van der Waals surface area (Å²) in [6.07, 6.45) is 20.5. The molecular weight excluding hydrogens is 867 g/mol.